The maximum Gasteiger partial charge on any atom is 0.342 e. The van der Waals surface area contributed by atoms with Crippen LogP contribution in [0.15, 0.2) is 23.1 Å². The van der Waals surface area contributed by atoms with E-state index < -0.39 is 34.0 Å². The van der Waals surface area contributed by atoms with Crippen LogP contribution in [0.5, 0.6) is 5.75 Å². The molecule has 11 heteroatoms. The summed E-state index contributed by atoms with van der Waals surface area (Å²) in [6, 6.07) is 2.21. The van der Waals surface area contributed by atoms with Crippen molar-refractivity contribution in [1.29, 1.82) is 0 Å². The third-order valence-corrected chi connectivity index (χ3v) is 3.53. The number of amides is 3. The zero-order valence-corrected chi connectivity index (χ0v) is 13.0. The van der Waals surface area contributed by atoms with Crippen LogP contribution < -0.4 is 20.9 Å². The summed E-state index contributed by atoms with van der Waals surface area (Å²) in [5, 5.41) is 6.72. The van der Waals surface area contributed by atoms with Gasteiger partial charge in [0.15, 0.2) is 6.10 Å². The van der Waals surface area contributed by atoms with Crippen molar-refractivity contribution in [2.75, 3.05) is 7.11 Å². The zero-order valence-electron chi connectivity index (χ0n) is 12.2. The number of nitrogens with one attached hydrogen (secondary N) is 1. The number of carbonyl (C=O) groups is 3. The lowest BCUT2D eigenvalue weighted by molar-refractivity contribution is -0.127. The Hall–Kier alpha value is -2.66. The Bertz CT molecular complexity index is 745. The SMILES string of the molecule is COc1ccc(S(N)(=O)=O)cc1C(=O)O[C@H](C)C(=O)NC(N)=O. The second kappa shape index (κ2) is 7.07. The molecule has 0 aliphatic carbocycles. The van der Waals surface area contributed by atoms with Gasteiger partial charge in [0.25, 0.3) is 5.91 Å². The Kier molecular flexibility index (Phi) is 5.65. The van der Waals surface area contributed by atoms with Gasteiger partial charge in [-0.2, -0.15) is 0 Å². The van der Waals surface area contributed by atoms with E-state index in [9.17, 15) is 22.8 Å². The number of esters is 1. The standard InChI is InChI=1S/C12H15N3O7S/c1-6(10(16)15-12(13)18)22-11(17)8-5-7(23(14,19)20)3-4-9(8)21-2/h3-6H,1-2H3,(H2,14,19,20)(H3,13,15,16,18)/t6-/m1/s1. The minimum atomic E-state index is -4.05. The largest absolute Gasteiger partial charge is 0.496 e. The number of nitrogens with two attached hydrogens (primary N) is 2. The summed E-state index contributed by atoms with van der Waals surface area (Å²) in [4.78, 5) is 33.8. The first-order valence-corrected chi connectivity index (χ1v) is 7.63. The van der Waals surface area contributed by atoms with Crippen molar-refractivity contribution >= 4 is 27.9 Å². The first-order chi connectivity index (χ1) is 10.6. The maximum atomic E-state index is 12.1. The van der Waals surface area contributed by atoms with Crippen LogP contribution in [-0.2, 0) is 19.6 Å². The number of hydrogen-bond acceptors (Lipinski definition) is 7. The molecule has 0 heterocycles. The molecule has 23 heavy (non-hydrogen) atoms. The Labute approximate surface area is 131 Å². The maximum absolute atomic E-state index is 12.1. The summed E-state index contributed by atoms with van der Waals surface area (Å²) in [6.45, 7) is 1.20. The van der Waals surface area contributed by atoms with Crippen molar-refractivity contribution in [2.45, 2.75) is 17.9 Å². The number of ether oxygens (including phenoxy) is 2. The molecule has 0 radical (unpaired) electrons. The fraction of sp³-hybridized carbons (Fsp3) is 0.250. The van der Waals surface area contributed by atoms with Gasteiger partial charge in [0, 0.05) is 0 Å². The summed E-state index contributed by atoms with van der Waals surface area (Å²) < 4.78 is 32.4. The molecule has 0 bridgehead atoms. The number of rotatable bonds is 5. The summed E-state index contributed by atoms with van der Waals surface area (Å²) in [6.07, 6.45) is -1.35. The molecule has 0 saturated heterocycles. The lowest BCUT2D eigenvalue weighted by Gasteiger charge is -2.14. The number of benzene rings is 1. The highest BCUT2D eigenvalue weighted by atomic mass is 32.2. The van der Waals surface area contributed by atoms with Gasteiger partial charge in [-0.15, -0.1) is 0 Å². The molecular formula is C12H15N3O7S. The molecule has 0 aliphatic rings. The van der Waals surface area contributed by atoms with E-state index in [2.05, 4.69) is 0 Å². The normalized spacial score (nSPS) is 12.1. The van der Waals surface area contributed by atoms with Crippen LogP contribution >= 0.6 is 0 Å². The van der Waals surface area contributed by atoms with Crippen LogP contribution in [0.25, 0.3) is 0 Å². The van der Waals surface area contributed by atoms with Crippen molar-refractivity contribution in [1.82, 2.24) is 5.32 Å². The molecule has 3 amide bonds. The smallest absolute Gasteiger partial charge is 0.342 e. The Morgan fingerprint density at radius 3 is 2.35 bits per heavy atom. The van der Waals surface area contributed by atoms with E-state index in [-0.39, 0.29) is 16.2 Å². The number of urea groups is 1. The minimum absolute atomic E-state index is 0.0184. The fourth-order valence-electron chi connectivity index (χ4n) is 1.52. The number of carbonyl (C=O) groups excluding carboxylic acids is 3. The molecule has 1 atom stereocenters. The molecule has 1 rings (SSSR count). The lowest BCUT2D eigenvalue weighted by Crippen LogP contribution is -2.42. The second-order valence-electron chi connectivity index (χ2n) is 4.31. The Balaban J connectivity index is 3.07. The van der Waals surface area contributed by atoms with E-state index in [1.807, 2.05) is 0 Å². The first-order valence-electron chi connectivity index (χ1n) is 6.08. The predicted molar refractivity (Wildman–Crippen MR) is 77.0 cm³/mol. The van der Waals surface area contributed by atoms with Crippen LogP contribution in [0.4, 0.5) is 4.79 Å². The highest BCUT2D eigenvalue weighted by molar-refractivity contribution is 7.89. The van der Waals surface area contributed by atoms with E-state index in [0.717, 1.165) is 12.1 Å². The molecular weight excluding hydrogens is 330 g/mol. The van der Waals surface area contributed by atoms with Gasteiger partial charge in [0.2, 0.25) is 10.0 Å². The summed E-state index contributed by atoms with van der Waals surface area (Å²) in [5.74, 6) is -1.96. The number of primary amides is 1. The molecule has 0 spiro atoms. The third-order valence-electron chi connectivity index (χ3n) is 2.62. The van der Waals surface area contributed by atoms with Gasteiger partial charge in [0.1, 0.15) is 11.3 Å². The molecule has 0 aromatic heterocycles. The number of sulfonamides is 1. The molecule has 0 aliphatic heterocycles. The van der Waals surface area contributed by atoms with Gasteiger partial charge in [-0.25, -0.2) is 23.1 Å². The summed E-state index contributed by atoms with van der Waals surface area (Å²) >= 11 is 0. The molecule has 5 N–H and O–H groups in total. The van der Waals surface area contributed by atoms with Crippen molar-refractivity contribution in [3.05, 3.63) is 23.8 Å². The number of hydrogen-bond donors (Lipinski definition) is 3. The third kappa shape index (κ3) is 4.93. The van der Waals surface area contributed by atoms with Crippen LogP contribution in [0.3, 0.4) is 0 Å². The van der Waals surface area contributed by atoms with Crippen molar-refractivity contribution in [3.63, 3.8) is 0 Å². The van der Waals surface area contributed by atoms with E-state index >= 15 is 0 Å². The van der Waals surface area contributed by atoms with E-state index in [4.69, 9.17) is 20.3 Å². The molecule has 126 valence electrons. The quantitative estimate of drug-likeness (QED) is 0.580. The molecule has 0 fully saturated rings. The van der Waals surface area contributed by atoms with Crippen LogP contribution in [0.1, 0.15) is 17.3 Å². The topological polar surface area (TPSA) is 168 Å². The van der Waals surface area contributed by atoms with Crippen molar-refractivity contribution in [3.8, 4) is 5.75 Å². The second-order valence-corrected chi connectivity index (χ2v) is 5.87. The monoisotopic (exact) mass is 345 g/mol. The molecule has 10 nitrogen and oxygen atoms in total. The summed E-state index contributed by atoms with van der Waals surface area (Å²) in [7, 11) is -2.79. The highest BCUT2D eigenvalue weighted by Gasteiger charge is 2.23. The Morgan fingerprint density at radius 1 is 1.26 bits per heavy atom. The average Bonchev–Trinajstić information content (AvgIpc) is 2.44. The first kappa shape index (κ1) is 18.4. The number of imide groups is 1. The molecule has 1 aromatic carbocycles. The van der Waals surface area contributed by atoms with E-state index in [1.165, 1.54) is 20.1 Å². The van der Waals surface area contributed by atoms with Crippen LogP contribution in [-0.4, -0.2) is 39.5 Å². The predicted octanol–water partition coefficient (Wildman–Crippen LogP) is -0.917. The van der Waals surface area contributed by atoms with Gasteiger partial charge < -0.3 is 15.2 Å². The van der Waals surface area contributed by atoms with Crippen LogP contribution in [0.2, 0.25) is 0 Å². The van der Waals surface area contributed by atoms with Crippen molar-refractivity contribution < 1.29 is 32.3 Å². The van der Waals surface area contributed by atoms with Gasteiger partial charge in [-0.05, 0) is 25.1 Å². The van der Waals surface area contributed by atoms with E-state index in [0.29, 0.717) is 0 Å². The molecule has 0 saturated carbocycles. The van der Waals surface area contributed by atoms with E-state index in [1.54, 1.807) is 5.32 Å². The number of primary sulfonamides is 1. The van der Waals surface area contributed by atoms with Gasteiger partial charge >= 0.3 is 12.0 Å². The highest BCUT2D eigenvalue weighted by Crippen LogP contribution is 2.23. The van der Waals surface area contributed by atoms with Crippen molar-refractivity contribution in [2.24, 2.45) is 10.9 Å². The minimum Gasteiger partial charge on any atom is -0.496 e. The van der Waals surface area contributed by atoms with Gasteiger partial charge in [0.05, 0.1) is 12.0 Å². The summed E-state index contributed by atoms with van der Waals surface area (Å²) in [5.41, 5.74) is 4.52. The lowest BCUT2D eigenvalue weighted by atomic mass is 10.2. The van der Waals surface area contributed by atoms with Crippen LogP contribution in [0, 0.1) is 0 Å². The fourth-order valence-corrected chi connectivity index (χ4v) is 2.06. The molecule has 1 aromatic rings. The average molecular weight is 345 g/mol. The van der Waals surface area contributed by atoms with Gasteiger partial charge in [-0.3, -0.25) is 10.1 Å². The zero-order chi connectivity index (χ0) is 17.8. The number of methoxy groups -OCH3 is 1. The molecule has 0 unspecified atom stereocenters. The van der Waals surface area contributed by atoms with Gasteiger partial charge in [-0.1, -0.05) is 0 Å². The Morgan fingerprint density at radius 2 is 1.87 bits per heavy atom.